The fourth-order valence-corrected chi connectivity index (χ4v) is 5.38. The number of benzene rings is 1. The van der Waals surface area contributed by atoms with E-state index in [2.05, 4.69) is 17.6 Å². The van der Waals surface area contributed by atoms with Gasteiger partial charge in [-0.2, -0.15) is 13.2 Å². The molecule has 0 spiro atoms. The quantitative estimate of drug-likeness (QED) is 0.699. The second-order valence-corrected chi connectivity index (χ2v) is 10.3. The third-order valence-electron chi connectivity index (χ3n) is 6.08. The van der Waals surface area contributed by atoms with Crippen LogP contribution in [0.3, 0.4) is 0 Å². The summed E-state index contributed by atoms with van der Waals surface area (Å²) < 4.78 is 64.5. The Morgan fingerprint density at radius 1 is 1.31 bits per heavy atom. The number of likely N-dealkylation sites (tertiary alicyclic amines) is 1. The van der Waals surface area contributed by atoms with E-state index >= 15 is 0 Å². The van der Waals surface area contributed by atoms with Crippen molar-refractivity contribution >= 4 is 27.1 Å². The smallest absolute Gasteiger partial charge is 0.325 e. The van der Waals surface area contributed by atoms with Crippen LogP contribution in [0.4, 0.5) is 24.5 Å². The first-order chi connectivity index (χ1) is 13.4. The van der Waals surface area contributed by atoms with Crippen LogP contribution in [0.15, 0.2) is 18.2 Å². The van der Waals surface area contributed by atoms with Crippen molar-refractivity contribution in [2.75, 3.05) is 37.0 Å². The highest BCUT2D eigenvalue weighted by molar-refractivity contribution is 7.91. The van der Waals surface area contributed by atoms with Crippen LogP contribution >= 0.6 is 0 Å². The van der Waals surface area contributed by atoms with Crippen LogP contribution in [0, 0.1) is 0 Å². The van der Waals surface area contributed by atoms with Gasteiger partial charge in [-0.05, 0) is 13.0 Å². The molecule has 2 N–H and O–H groups in total. The lowest BCUT2D eigenvalue weighted by Gasteiger charge is -2.43. The zero-order valence-electron chi connectivity index (χ0n) is 16.6. The van der Waals surface area contributed by atoms with E-state index in [9.17, 15) is 26.4 Å². The summed E-state index contributed by atoms with van der Waals surface area (Å²) in [7, 11) is -3.64. The summed E-state index contributed by atoms with van der Waals surface area (Å²) in [4.78, 5) is 11.9. The SMILES string of the molecule is CC1CCC[N+]1(c1ccc(NC(=O)CS(C)(=O)=O)c(C(F)(F)F)c1)C1CCNC1. The molecule has 0 bridgehead atoms. The normalized spacial score (nSPS) is 27.9. The van der Waals surface area contributed by atoms with E-state index in [1.807, 2.05) is 0 Å². The molecular weight excluding hydrogens is 407 g/mol. The van der Waals surface area contributed by atoms with Gasteiger partial charge in [-0.25, -0.2) is 8.42 Å². The summed E-state index contributed by atoms with van der Waals surface area (Å²) in [6.07, 6.45) is -1.02. The topological polar surface area (TPSA) is 75.3 Å². The highest BCUT2D eigenvalue weighted by Crippen LogP contribution is 2.43. The third-order valence-corrected chi connectivity index (χ3v) is 6.87. The minimum Gasteiger partial charge on any atom is -0.325 e. The van der Waals surface area contributed by atoms with E-state index in [1.54, 1.807) is 6.07 Å². The average molecular weight is 435 g/mol. The first-order valence-corrected chi connectivity index (χ1v) is 11.8. The van der Waals surface area contributed by atoms with E-state index in [0.717, 1.165) is 51.2 Å². The molecule has 1 amide bonds. The summed E-state index contributed by atoms with van der Waals surface area (Å²) in [5, 5.41) is 5.44. The molecule has 1 aromatic rings. The van der Waals surface area contributed by atoms with Crippen LogP contribution in [0.5, 0.6) is 0 Å². The molecule has 2 fully saturated rings. The Kier molecular flexibility index (Phi) is 5.99. The number of nitrogens with one attached hydrogen (secondary N) is 2. The minimum atomic E-state index is -4.68. The fraction of sp³-hybridized carbons (Fsp3) is 0.632. The van der Waals surface area contributed by atoms with Gasteiger partial charge in [0.05, 0.1) is 23.8 Å². The van der Waals surface area contributed by atoms with Gasteiger partial charge < -0.3 is 10.6 Å². The maximum absolute atomic E-state index is 13.8. The molecule has 2 heterocycles. The Morgan fingerprint density at radius 2 is 2.03 bits per heavy atom. The molecule has 1 aromatic carbocycles. The number of carbonyl (C=O) groups is 1. The van der Waals surface area contributed by atoms with Gasteiger partial charge in [0.1, 0.15) is 17.5 Å². The molecule has 2 saturated heterocycles. The number of rotatable bonds is 5. The van der Waals surface area contributed by atoms with Crippen molar-refractivity contribution in [2.45, 2.75) is 44.4 Å². The Hall–Kier alpha value is -1.65. The predicted octanol–water partition coefficient (Wildman–Crippen LogP) is 2.54. The molecular formula is C19H27F3N3O3S+. The van der Waals surface area contributed by atoms with Crippen molar-refractivity contribution in [3.05, 3.63) is 23.8 Å². The van der Waals surface area contributed by atoms with Crippen LogP contribution in [0.2, 0.25) is 0 Å². The number of amides is 1. The molecule has 2 aliphatic heterocycles. The molecule has 162 valence electrons. The van der Waals surface area contributed by atoms with Crippen LogP contribution < -0.4 is 15.1 Å². The Bertz CT molecular complexity index is 882. The summed E-state index contributed by atoms with van der Waals surface area (Å²) in [6.45, 7) is 4.48. The lowest BCUT2D eigenvalue weighted by atomic mass is 10.0. The molecule has 29 heavy (non-hydrogen) atoms. The molecule has 3 atom stereocenters. The second kappa shape index (κ2) is 7.88. The molecule has 0 aliphatic carbocycles. The lowest BCUT2D eigenvalue weighted by Crippen LogP contribution is -2.59. The number of hydrogen-bond acceptors (Lipinski definition) is 4. The van der Waals surface area contributed by atoms with E-state index in [-0.39, 0.29) is 12.1 Å². The molecule has 3 rings (SSSR count). The summed E-state index contributed by atoms with van der Waals surface area (Å²) in [6, 6.07) is 4.44. The summed E-state index contributed by atoms with van der Waals surface area (Å²) in [5.41, 5.74) is -0.763. The molecule has 2 aliphatic rings. The van der Waals surface area contributed by atoms with E-state index in [1.165, 1.54) is 6.07 Å². The van der Waals surface area contributed by atoms with Gasteiger partial charge in [-0.3, -0.25) is 9.28 Å². The van der Waals surface area contributed by atoms with Crippen LogP contribution in [0.25, 0.3) is 0 Å². The minimum absolute atomic E-state index is 0.201. The van der Waals surface area contributed by atoms with Crippen molar-refractivity contribution < 1.29 is 26.4 Å². The van der Waals surface area contributed by atoms with Crippen molar-refractivity contribution in [1.29, 1.82) is 0 Å². The molecule has 10 heteroatoms. The van der Waals surface area contributed by atoms with Crippen LogP contribution in [0.1, 0.15) is 31.7 Å². The second-order valence-electron chi connectivity index (χ2n) is 8.14. The van der Waals surface area contributed by atoms with Gasteiger partial charge in [0.2, 0.25) is 5.91 Å². The first-order valence-electron chi connectivity index (χ1n) is 9.71. The summed E-state index contributed by atoms with van der Waals surface area (Å²) in [5.74, 6) is -1.85. The monoisotopic (exact) mass is 434 g/mol. The maximum atomic E-state index is 13.8. The highest BCUT2D eigenvalue weighted by atomic mass is 32.2. The average Bonchev–Trinajstić information content (AvgIpc) is 3.22. The number of carbonyl (C=O) groups excluding carboxylic acids is 1. The lowest BCUT2D eigenvalue weighted by molar-refractivity contribution is -0.137. The maximum Gasteiger partial charge on any atom is 0.418 e. The standard InChI is InChI=1S/C19H26F3N3O3S/c1-13-4-3-9-25(13,15-7-8-23-11-15)14-5-6-17(16(10-14)19(20,21)22)24-18(26)12-29(2,27)28/h5-6,10,13,15,23H,3-4,7-9,11-12H2,1-2H3/p+1. The van der Waals surface area contributed by atoms with Gasteiger partial charge in [0.25, 0.3) is 0 Å². The number of anilines is 1. The zero-order valence-corrected chi connectivity index (χ0v) is 17.4. The highest BCUT2D eigenvalue weighted by Gasteiger charge is 2.49. The molecule has 0 radical (unpaired) electrons. The number of quaternary nitrogens is 1. The number of hydrogen-bond donors (Lipinski definition) is 2. The van der Waals surface area contributed by atoms with Crippen LogP contribution in [-0.4, -0.2) is 58.1 Å². The van der Waals surface area contributed by atoms with Crippen molar-refractivity contribution in [3.63, 3.8) is 0 Å². The van der Waals surface area contributed by atoms with Crippen molar-refractivity contribution in [3.8, 4) is 0 Å². The van der Waals surface area contributed by atoms with Crippen molar-refractivity contribution in [2.24, 2.45) is 0 Å². The summed E-state index contributed by atoms with van der Waals surface area (Å²) >= 11 is 0. The number of alkyl halides is 3. The molecule has 0 aromatic heterocycles. The molecule has 3 unspecified atom stereocenters. The van der Waals surface area contributed by atoms with E-state index in [0.29, 0.717) is 10.2 Å². The molecule has 6 nitrogen and oxygen atoms in total. The Labute approximate surface area is 169 Å². The predicted molar refractivity (Wildman–Crippen MR) is 106 cm³/mol. The van der Waals surface area contributed by atoms with Gasteiger partial charge in [-0.15, -0.1) is 0 Å². The number of halogens is 3. The van der Waals surface area contributed by atoms with Crippen molar-refractivity contribution in [1.82, 2.24) is 9.80 Å². The largest absolute Gasteiger partial charge is 0.418 e. The Morgan fingerprint density at radius 3 is 2.55 bits per heavy atom. The first kappa shape index (κ1) is 22.0. The van der Waals surface area contributed by atoms with Gasteiger partial charge >= 0.3 is 6.18 Å². The van der Waals surface area contributed by atoms with E-state index < -0.39 is 38.9 Å². The van der Waals surface area contributed by atoms with Gasteiger partial charge in [0.15, 0.2) is 9.84 Å². The Balaban J connectivity index is 2.02. The number of nitrogens with zero attached hydrogens (tertiary/aromatic N) is 1. The fourth-order valence-electron chi connectivity index (χ4n) is 4.83. The van der Waals surface area contributed by atoms with Gasteiger partial charge in [-0.1, -0.05) is 0 Å². The molecule has 0 saturated carbocycles. The third kappa shape index (κ3) is 4.59. The zero-order chi connectivity index (χ0) is 21.4. The number of sulfone groups is 1. The van der Waals surface area contributed by atoms with Gasteiger partial charge in [0, 0.05) is 50.7 Å². The van der Waals surface area contributed by atoms with Crippen LogP contribution in [-0.2, 0) is 20.8 Å². The van der Waals surface area contributed by atoms with E-state index in [4.69, 9.17) is 0 Å².